The second kappa shape index (κ2) is 5.92. The van der Waals surface area contributed by atoms with Crippen molar-refractivity contribution >= 4 is 0 Å². The van der Waals surface area contributed by atoms with E-state index in [2.05, 4.69) is 13.8 Å². The predicted molar refractivity (Wildman–Crippen MR) is 76.2 cm³/mol. The molecule has 0 spiro atoms. The molecule has 0 bridgehead atoms. The van der Waals surface area contributed by atoms with Crippen molar-refractivity contribution in [1.29, 1.82) is 0 Å². The molecule has 0 aromatic carbocycles. The highest BCUT2D eigenvalue weighted by Gasteiger charge is 2.46. The minimum Gasteiger partial charge on any atom is -0.392 e. The Morgan fingerprint density at radius 3 is 2.39 bits per heavy atom. The van der Waals surface area contributed by atoms with Crippen LogP contribution >= 0.6 is 0 Å². The highest BCUT2D eigenvalue weighted by molar-refractivity contribution is 4.97. The number of aliphatic hydroxyl groups excluding tert-OH is 1. The topological polar surface area (TPSA) is 46.2 Å². The minimum absolute atomic E-state index is 0.0475. The quantitative estimate of drug-likeness (QED) is 0.807. The van der Waals surface area contributed by atoms with Crippen molar-refractivity contribution in [1.82, 2.24) is 0 Å². The van der Waals surface area contributed by atoms with Crippen molar-refractivity contribution in [3.8, 4) is 0 Å². The smallest absolute Gasteiger partial charge is 0.0636 e. The van der Waals surface area contributed by atoms with Gasteiger partial charge in [-0.3, -0.25) is 0 Å². The standard InChI is InChI=1S/C16H31NO/c1-3-13-8-9-16(10-13,11-17)15(18)14-6-4-12(2)5-7-14/h12-15,18H,3-11,17H2,1-2H3. The maximum atomic E-state index is 10.8. The molecule has 0 heterocycles. The maximum absolute atomic E-state index is 10.8. The van der Waals surface area contributed by atoms with Gasteiger partial charge in [-0.25, -0.2) is 0 Å². The van der Waals surface area contributed by atoms with Gasteiger partial charge in [-0.1, -0.05) is 33.1 Å². The number of hydrogen-bond acceptors (Lipinski definition) is 2. The van der Waals surface area contributed by atoms with Crippen molar-refractivity contribution in [2.45, 2.75) is 71.3 Å². The third-order valence-electron chi connectivity index (χ3n) is 5.86. The molecular formula is C16H31NO. The third kappa shape index (κ3) is 2.75. The van der Waals surface area contributed by atoms with Gasteiger partial charge in [0.05, 0.1) is 6.10 Å². The molecule has 3 N–H and O–H groups in total. The van der Waals surface area contributed by atoms with E-state index in [0.717, 1.165) is 24.7 Å². The molecule has 0 amide bonds. The molecule has 106 valence electrons. The first-order valence-electron chi connectivity index (χ1n) is 7.99. The molecule has 2 aliphatic rings. The molecule has 3 unspecified atom stereocenters. The molecule has 2 nitrogen and oxygen atoms in total. The molecule has 2 saturated carbocycles. The summed E-state index contributed by atoms with van der Waals surface area (Å²) in [5, 5.41) is 10.8. The molecule has 18 heavy (non-hydrogen) atoms. The van der Waals surface area contributed by atoms with Crippen molar-refractivity contribution in [3.05, 3.63) is 0 Å². The summed E-state index contributed by atoms with van der Waals surface area (Å²) in [6.45, 7) is 5.28. The highest BCUT2D eigenvalue weighted by atomic mass is 16.3. The molecule has 0 aromatic heterocycles. The number of nitrogens with two attached hydrogens (primary N) is 1. The van der Waals surface area contributed by atoms with Gasteiger partial charge in [0.2, 0.25) is 0 Å². The zero-order chi connectivity index (χ0) is 13.2. The maximum Gasteiger partial charge on any atom is 0.0636 e. The fraction of sp³-hybridized carbons (Fsp3) is 1.00. The second-order valence-electron chi connectivity index (χ2n) is 7.05. The molecule has 2 heteroatoms. The Morgan fingerprint density at radius 1 is 1.22 bits per heavy atom. The van der Waals surface area contributed by atoms with Gasteiger partial charge in [-0.15, -0.1) is 0 Å². The van der Waals surface area contributed by atoms with Crippen molar-refractivity contribution in [2.75, 3.05) is 6.54 Å². The summed E-state index contributed by atoms with van der Waals surface area (Å²) in [7, 11) is 0. The highest BCUT2D eigenvalue weighted by Crippen LogP contribution is 2.48. The molecule has 2 rings (SSSR count). The van der Waals surface area contributed by atoms with Gasteiger partial charge in [0.1, 0.15) is 0 Å². The minimum atomic E-state index is -0.147. The van der Waals surface area contributed by atoms with Crippen LogP contribution in [0.25, 0.3) is 0 Å². The van der Waals surface area contributed by atoms with Gasteiger partial charge in [0.25, 0.3) is 0 Å². The van der Waals surface area contributed by atoms with Crippen molar-refractivity contribution in [2.24, 2.45) is 28.9 Å². The first kappa shape index (κ1) is 14.3. The lowest BCUT2D eigenvalue weighted by molar-refractivity contribution is -0.0292. The van der Waals surface area contributed by atoms with Crippen LogP contribution in [0.15, 0.2) is 0 Å². The number of rotatable bonds is 4. The predicted octanol–water partition coefficient (Wildman–Crippen LogP) is 3.33. The summed E-state index contributed by atoms with van der Waals surface area (Å²) in [6.07, 6.45) is 9.68. The summed E-state index contributed by atoms with van der Waals surface area (Å²) in [4.78, 5) is 0. The van der Waals surface area contributed by atoms with E-state index in [1.54, 1.807) is 0 Å². The molecule has 0 radical (unpaired) electrons. The summed E-state index contributed by atoms with van der Waals surface area (Å²) >= 11 is 0. The Morgan fingerprint density at radius 2 is 1.89 bits per heavy atom. The van der Waals surface area contributed by atoms with Crippen LogP contribution in [-0.2, 0) is 0 Å². The Kier molecular flexibility index (Phi) is 4.71. The van der Waals surface area contributed by atoms with E-state index in [4.69, 9.17) is 5.73 Å². The fourth-order valence-electron chi connectivity index (χ4n) is 4.30. The van der Waals surface area contributed by atoms with E-state index in [-0.39, 0.29) is 11.5 Å². The zero-order valence-electron chi connectivity index (χ0n) is 12.2. The molecule has 0 saturated heterocycles. The van der Waals surface area contributed by atoms with Gasteiger partial charge in [0, 0.05) is 12.0 Å². The molecule has 2 aliphatic carbocycles. The second-order valence-corrected chi connectivity index (χ2v) is 7.05. The number of hydrogen-bond donors (Lipinski definition) is 2. The van der Waals surface area contributed by atoms with Gasteiger partial charge in [-0.05, 0) is 49.9 Å². The monoisotopic (exact) mass is 253 g/mol. The molecule has 2 fully saturated rings. The van der Waals surface area contributed by atoms with E-state index >= 15 is 0 Å². The van der Waals surface area contributed by atoms with Gasteiger partial charge >= 0.3 is 0 Å². The lowest BCUT2D eigenvalue weighted by Crippen LogP contribution is -2.45. The van der Waals surface area contributed by atoms with Crippen LogP contribution in [0.1, 0.15) is 65.2 Å². The van der Waals surface area contributed by atoms with E-state index in [1.165, 1.54) is 38.5 Å². The average Bonchev–Trinajstić information content (AvgIpc) is 2.84. The first-order valence-corrected chi connectivity index (χ1v) is 7.99. The van der Waals surface area contributed by atoms with Crippen LogP contribution < -0.4 is 5.73 Å². The largest absolute Gasteiger partial charge is 0.392 e. The SMILES string of the molecule is CCC1CCC(CN)(C(O)C2CCC(C)CC2)C1. The van der Waals surface area contributed by atoms with Crippen LogP contribution in [-0.4, -0.2) is 17.8 Å². The van der Waals surface area contributed by atoms with Crippen LogP contribution in [0.2, 0.25) is 0 Å². The third-order valence-corrected chi connectivity index (χ3v) is 5.86. The van der Waals surface area contributed by atoms with Gasteiger partial charge in [0.15, 0.2) is 0 Å². The van der Waals surface area contributed by atoms with Gasteiger partial charge in [-0.2, -0.15) is 0 Å². The van der Waals surface area contributed by atoms with E-state index in [9.17, 15) is 5.11 Å². The lowest BCUT2D eigenvalue weighted by Gasteiger charge is -2.40. The van der Waals surface area contributed by atoms with E-state index < -0.39 is 0 Å². The van der Waals surface area contributed by atoms with E-state index in [1.807, 2.05) is 0 Å². The first-order chi connectivity index (χ1) is 8.61. The van der Waals surface area contributed by atoms with Crippen LogP contribution in [0.5, 0.6) is 0 Å². The van der Waals surface area contributed by atoms with Gasteiger partial charge < -0.3 is 10.8 Å². The molecular weight excluding hydrogens is 222 g/mol. The Labute approximate surface area is 112 Å². The van der Waals surface area contributed by atoms with Crippen molar-refractivity contribution in [3.63, 3.8) is 0 Å². The Balaban J connectivity index is 1.99. The molecule has 0 aromatic rings. The van der Waals surface area contributed by atoms with Crippen molar-refractivity contribution < 1.29 is 5.11 Å². The Bertz CT molecular complexity index is 260. The summed E-state index contributed by atoms with van der Waals surface area (Å²) in [6, 6.07) is 0. The normalized spacial score (nSPS) is 43.0. The van der Waals surface area contributed by atoms with Crippen LogP contribution in [0.4, 0.5) is 0 Å². The van der Waals surface area contributed by atoms with Crippen LogP contribution in [0, 0.1) is 23.2 Å². The van der Waals surface area contributed by atoms with E-state index in [0.29, 0.717) is 12.5 Å². The fourth-order valence-corrected chi connectivity index (χ4v) is 4.30. The number of aliphatic hydroxyl groups is 1. The lowest BCUT2D eigenvalue weighted by atomic mass is 9.69. The average molecular weight is 253 g/mol. The zero-order valence-corrected chi connectivity index (χ0v) is 12.2. The molecule has 3 atom stereocenters. The Hall–Kier alpha value is -0.0800. The summed E-state index contributed by atoms with van der Waals surface area (Å²) in [5.41, 5.74) is 6.11. The molecule has 0 aliphatic heterocycles. The summed E-state index contributed by atoms with van der Waals surface area (Å²) in [5.74, 6) is 2.17. The summed E-state index contributed by atoms with van der Waals surface area (Å²) < 4.78 is 0. The van der Waals surface area contributed by atoms with Crippen LogP contribution in [0.3, 0.4) is 0 Å².